The smallest absolute Gasteiger partial charge is 0.257 e. The molecule has 0 saturated carbocycles. The highest BCUT2D eigenvalue weighted by molar-refractivity contribution is 6.34. The van der Waals surface area contributed by atoms with E-state index in [1.807, 2.05) is 0 Å². The molecule has 21 heavy (non-hydrogen) atoms. The van der Waals surface area contributed by atoms with Crippen molar-refractivity contribution in [2.75, 3.05) is 10.6 Å². The lowest BCUT2D eigenvalue weighted by Crippen LogP contribution is -2.14. The van der Waals surface area contributed by atoms with Gasteiger partial charge in [0.1, 0.15) is 0 Å². The Balaban J connectivity index is 2.17. The molecule has 6 nitrogen and oxygen atoms in total. The first-order valence-electron chi connectivity index (χ1n) is 6.27. The van der Waals surface area contributed by atoms with Gasteiger partial charge < -0.3 is 10.6 Å². The van der Waals surface area contributed by atoms with Crippen LogP contribution in [0.15, 0.2) is 36.7 Å². The molecular weight excluding hydrogens is 292 g/mol. The Kier molecular flexibility index (Phi) is 4.84. The number of rotatable bonds is 4. The molecule has 0 atom stereocenters. The number of hydrogen-bond donors (Lipinski definition) is 2. The van der Waals surface area contributed by atoms with Crippen molar-refractivity contribution in [1.82, 2.24) is 10.2 Å². The Morgan fingerprint density at radius 1 is 1.19 bits per heavy atom. The molecule has 108 valence electrons. The van der Waals surface area contributed by atoms with Crippen LogP contribution in [0.3, 0.4) is 0 Å². The van der Waals surface area contributed by atoms with Gasteiger partial charge in [0.05, 0.1) is 28.7 Å². The third-order valence-corrected chi connectivity index (χ3v) is 3.00. The van der Waals surface area contributed by atoms with Crippen LogP contribution in [0.25, 0.3) is 0 Å². The molecule has 0 radical (unpaired) electrons. The molecule has 0 spiro atoms. The van der Waals surface area contributed by atoms with Crippen LogP contribution in [0.2, 0.25) is 5.02 Å². The van der Waals surface area contributed by atoms with E-state index in [4.69, 9.17) is 11.6 Å². The van der Waals surface area contributed by atoms with Gasteiger partial charge in [-0.05, 0) is 24.3 Å². The second-order valence-corrected chi connectivity index (χ2v) is 4.59. The third-order valence-electron chi connectivity index (χ3n) is 2.67. The van der Waals surface area contributed by atoms with Crippen LogP contribution in [-0.2, 0) is 4.79 Å². The van der Waals surface area contributed by atoms with E-state index in [0.717, 1.165) is 0 Å². The zero-order chi connectivity index (χ0) is 15.2. The zero-order valence-corrected chi connectivity index (χ0v) is 12.0. The molecule has 1 heterocycles. The number of hydrogen-bond acceptors (Lipinski definition) is 4. The van der Waals surface area contributed by atoms with Gasteiger partial charge in [0.25, 0.3) is 5.91 Å². The number of amides is 2. The first kappa shape index (κ1) is 14.9. The van der Waals surface area contributed by atoms with E-state index in [1.165, 1.54) is 12.4 Å². The fourth-order valence-corrected chi connectivity index (χ4v) is 1.73. The van der Waals surface area contributed by atoms with E-state index in [9.17, 15) is 9.59 Å². The van der Waals surface area contributed by atoms with Gasteiger partial charge in [-0.2, -0.15) is 10.2 Å². The fourth-order valence-electron chi connectivity index (χ4n) is 1.57. The number of nitrogens with zero attached hydrogens (tertiary/aromatic N) is 2. The summed E-state index contributed by atoms with van der Waals surface area (Å²) in [4.78, 5) is 23.4. The lowest BCUT2D eigenvalue weighted by Gasteiger charge is -2.10. The summed E-state index contributed by atoms with van der Waals surface area (Å²) in [5.41, 5.74) is 1.34. The molecule has 0 unspecified atom stereocenters. The third kappa shape index (κ3) is 4.00. The predicted octanol–water partition coefficient (Wildman–Crippen LogP) is 2.73. The summed E-state index contributed by atoms with van der Waals surface area (Å²) < 4.78 is 0. The van der Waals surface area contributed by atoms with Crippen LogP contribution in [0.4, 0.5) is 11.4 Å². The maximum absolute atomic E-state index is 12.0. The Bertz CT molecular complexity index is 661. The van der Waals surface area contributed by atoms with Crippen molar-refractivity contribution in [2.45, 2.75) is 13.3 Å². The minimum atomic E-state index is -0.356. The molecule has 2 N–H and O–H groups in total. The molecule has 7 heteroatoms. The van der Waals surface area contributed by atoms with Crippen LogP contribution in [0, 0.1) is 0 Å². The molecule has 0 fully saturated rings. The Labute approximate surface area is 126 Å². The van der Waals surface area contributed by atoms with Crippen molar-refractivity contribution in [3.05, 3.63) is 47.2 Å². The van der Waals surface area contributed by atoms with Crippen molar-refractivity contribution in [1.29, 1.82) is 0 Å². The van der Waals surface area contributed by atoms with Gasteiger partial charge in [0.2, 0.25) is 5.91 Å². The van der Waals surface area contributed by atoms with Crippen molar-refractivity contribution < 1.29 is 9.59 Å². The molecule has 2 rings (SSSR count). The summed E-state index contributed by atoms with van der Waals surface area (Å²) in [5, 5.41) is 13.0. The van der Waals surface area contributed by atoms with Crippen LogP contribution < -0.4 is 10.6 Å². The second kappa shape index (κ2) is 6.81. The largest absolute Gasteiger partial charge is 0.326 e. The highest BCUT2D eigenvalue weighted by Crippen LogP contribution is 2.26. The average molecular weight is 305 g/mol. The van der Waals surface area contributed by atoms with Crippen molar-refractivity contribution in [3.63, 3.8) is 0 Å². The Morgan fingerprint density at radius 3 is 2.67 bits per heavy atom. The van der Waals surface area contributed by atoms with Gasteiger partial charge >= 0.3 is 0 Å². The van der Waals surface area contributed by atoms with Crippen LogP contribution in [0.5, 0.6) is 0 Å². The maximum Gasteiger partial charge on any atom is 0.257 e. The molecule has 1 aromatic carbocycles. The van der Waals surface area contributed by atoms with Crippen LogP contribution in [-0.4, -0.2) is 22.0 Å². The van der Waals surface area contributed by atoms with E-state index in [2.05, 4.69) is 20.8 Å². The molecule has 2 aromatic rings. The predicted molar refractivity (Wildman–Crippen MR) is 80.4 cm³/mol. The maximum atomic E-state index is 12.0. The number of carbonyl (C=O) groups excluding carboxylic acids is 2. The van der Waals surface area contributed by atoms with E-state index >= 15 is 0 Å². The van der Waals surface area contributed by atoms with Gasteiger partial charge in [-0.15, -0.1) is 0 Å². The normalized spacial score (nSPS) is 10.0. The molecule has 0 aliphatic heterocycles. The SMILES string of the molecule is CCC(=O)Nc1ccc(Cl)c(NC(=O)c2ccnnc2)c1. The van der Waals surface area contributed by atoms with Crippen molar-refractivity contribution in [2.24, 2.45) is 0 Å². The lowest BCUT2D eigenvalue weighted by atomic mass is 10.2. The van der Waals surface area contributed by atoms with Gasteiger partial charge in [-0.25, -0.2) is 0 Å². The van der Waals surface area contributed by atoms with E-state index in [0.29, 0.717) is 28.4 Å². The molecule has 0 bridgehead atoms. The van der Waals surface area contributed by atoms with E-state index in [-0.39, 0.29) is 11.8 Å². The topological polar surface area (TPSA) is 84.0 Å². The summed E-state index contributed by atoms with van der Waals surface area (Å²) in [7, 11) is 0. The summed E-state index contributed by atoms with van der Waals surface area (Å²) in [6, 6.07) is 6.41. The average Bonchev–Trinajstić information content (AvgIpc) is 2.51. The van der Waals surface area contributed by atoms with Gasteiger partial charge in [0.15, 0.2) is 0 Å². The monoisotopic (exact) mass is 304 g/mol. The first-order valence-corrected chi connectivity index (χ1v) is 6.65. The first-order chi connectivity index (χ1) is 10.1. The molecule has 0 saturated heterocycles. The molecule has 2 amide bonds. The highest BCUT2D eigenvalue weighted by Gasteiger charge is 2.10. The van der Waals surface area contributed by atoms with E-state index in [1.54, 1.807) is 31.2 Å². The quantitative estimate of drug-likeness (QED) is 0.909. The van der Waals surface area contributed by atoms with Gasteiger partial charge in [-0.3, -0.25) is 9.59 Å². The van der Waals surface area contributed by atoms with E-state index < -0.39 is 0 Å². The molecule has 0 aliphatic carbocycles. The lowest BCUT2D eigenvalue weighted by molar-refractivity contribution is -0.115. The number of benzene rings is 1. The Hall–Kier alpha value is -2.47. The Morgan fingerprint density at radius 2 is 2.00 bits per heavy atom. The number of anilines is 2. The molecule has 1 aromatic heterocycles. The van der Waals surface area contributed by atoms with Gasteiger partial charge in [0, 0.05) is 12.1 Å². The summed E-state index contributed by atoms with van der Waals surface area (Å²) in [6.45, 7) is 1.75. The standard InChI is InChI=1S/C14H13ClN4O2/c1-2-13(20)18-10-3-4-11(15)12(7-10)19-14(21)9-5-6-16-17-8-9/h3-8H,2H2,1H3,(H,18,20)(H,19,21). The summed E-state index contributed by atoms with van der Waals surface area (Å²) >= 11 is 6.04. The van der Waals surface area contributed by atoms with Crippen molar-refractivity contribution in [3.8, 4) is 0 Å². The zero-order valence-electron chi connectivity index (χ0n) is 11.3. The van der Waals surface area contributed by atoms with Crippen molar-refractivity contribution >= 4 is 34.8 Å². The second-order valence-electron chi connectivity index (χ2n) is 4.18. The highest BCUT2D eigenvalue weighted by atomic mass is 35.5. The minimum absolute atomic E-state index is 0.118. The number of carbonyl (C=O) groups is 2. The summed E-state index contributed by atoms with van der Waals surface area (Å²) in [5.74, 6) is -0.473. The van der Waals surface area contributed by atoms with Crippen LogP contribution in [0.1, 0.15) is 23.7 Å². The van der Waals surface area contributed by atoms with Gasteiger partial charge in [-0.1, -0.05) is 18.5 Å². The minimum Gasteiger partial charge on any atom is -0.326 e. The summed E-state index contributed by atoms with van der Waals surface area (Å²) in [6.07, 6.45) is 3.15. The molecule has 0 aliphatic rings. The number of aromatic nitrogens is 2. The molecular formula is C14H13ClN4O2. The fraction of sp³-hybridized carbons (Fsp3) is 0.143. The number of nitrogens with one attached hydrogen (secondary N) is 2. The number of halogens is 1. The van der Waals surface area contributed by atoms with Crippen LogP contribution >= 0.6 is 11.6 Å².